The lowest BCUT2D eigenvalue weighted by atomic mass is 10.1. The zero-order valence-electron chi connectivity index (χ0n) is 11.3. The molecule has 1 aromatic carbocycles. The van der Waals surface area contributed by atoms with Crippen molar-refractivity contribution in [1.29, 1.82) is 0 Å². The molecule has 21 heavy (non-hydrogen) atoms. The Morgan fingerprint density at radius 1 is 1.29 bits per heavy atom. The Morgan fingerprint density at radius 3 is 2.52 bits per heavy atom. The number of carbonyl (C=O) groups is 1. The molecule has 0 aliphatic rings. The third-order valence-corrected chi connectivity index (χ3v) is 3.19. The molecule has 0 amide bonds. The van der Waals surface area contributed by atoms with Gasteiger partial charge in [0.15, 0.2) is 0 Å². The minimum absolute atomic E-state index is 0.196. The average molecular weight is 311 g/mol. The van der Waals surface area contributed by atoms with Gasteiger partial charge >= 0.3 is 5.97 Å². The lowest BCUT2D eigenvalue weighted by Gasteiger charge is -2.10. The SMILES string of the molecule is COc1ccc(-c2ccc(C(=O)O)o2)cc1NS(C)(=O)=O. The minimum Gasteiger partial charge on any atom is -0.495 e. The Balaban J connectivity index is 2.45. The van der Waals surface area contributed by atoms with Crippen LogP contribution in [-0.2, 0) is 10.0 Å². The summed E-state index contributed by atoms with van der Waals surface area (Å²) in [5.41, 5.74) is 0.764. The van der Waals surface area contributed by atoms with Crippen molar-refractivity contribution in [3.8, 4) is 17.1 Å². The first kappa shape index (κ1) is 14.9. The fourth-order valence-corrected chi connectivity index (χ4v) is 2.31. The lowest BCUT2D eigenvalue weighted by Crippen LogP contribution is -2.10. The molecule has 0 saturated carbocycles. The summed E-state index contributed by atoms with van der Waals surface area (Å²) in [5.74, 6) is -0.719. The summed E-state index contributed by atoms with van der Waals surface area (Å²) in [6, 6.07) is 7.52. The average Bonchev–Trinajstić information content (AvgIpc) is 2.86. The van der Waals surface area contributed by atoms with E-state index in [1.165, 1.54) is 25.3 Å². The van der Waals surface area contributed by atoms with E-state index in [1.54, 1.807) is 12.1 Å². The summed E-state index contributed by atoms with van der Waals surface area (Å²) in [7, 11) is -2.06. The molecule has 7 nitrogen and oxygen atoms in total. The van der Waals surface area contributed by atoms with Crippen molar-refractivity contribution in [1.82, 2.24) is 0 Å². The van der Waals surface area contributed by atoms with Crippen LogP contribution in [0.2, 0.25) is 0 Å². The lowest BCUT2D eigenvalue weighted by molar-refractivity contribution is 0.0663. The van der Waals surface area contributed by atoms with Crippen LogP contribution in [0.5, 0.6) is 5.75 Å². The second kappa shape index (κ2) is 5.49. The molecule has 0 bridgehead atoms. The molecular formula is C13H13NO6S. The number of benzene rings is 1. The number of ether oxygens (including phenoxy) is 1. The van der Waals surface area contributed by atoms with Gasteiger partial charge in [-0.05, 0) is 30.3 Å². The second-order valence-electron chi connectivity index (χ2n) is 4.26. The first-order valence-corrected chi connectivity index (χ1v) is 7.68. The van der Waals surface area contributed by atoms with Gasteiger partial charge in [-0.25, -0.2) is 13.2 Å². The number of methoxy groups -OCH3 is 1. The maximum atomic E-state index is 11.3. The fourth-order valence-electron chi connectivity index (χ4n) is 1.75. The van der Waals surface area contributed by atoms with Gasteiger partial charge in [0, 0.05) is 5.56 Å². The van der Waals surface area contributed by atoms with Crippen LogP contribution in [0.25, 0.3) is 11.3 Å². The van der Waals surface area contributed by atoms with E-state index in [-0.39, 0.29) is 11.4 Å². The van der Waals surface area contributed by atoms with E-state index in [9.17, 15) is 13.2 Å². The number of anilines is 1. The van der Waals surface area contributed by atoms with E-state index in [0.717, 1.165) is 6.26 Å². The maximum absolute atomic E-state index is 11.3. The van der Waals surface area contributed by atoms with Crippen molar-refractivity contribution in [3.05, 3.63) is 36.1 Å². The molecule has 112 valence electrons. The van der Waals surface area contributed by atoms with Crippen LogP contribution in [0, 0.1) is 0 Å². The number of hydrogen-bond acceptors (Lipinski definition) is 5. The zero-order chi connectivity index (χ0) is 15.6. The molecule has 0 fully saturated rings. The standard InChI is InChI=1S/C13H13NO6S/c1-19-11-4-3-8(7-9(11)14-21(2,17)18)10-5-6-12(20-10)13(15)16/h3-7,14H,1-2H3,(H,15,16). The van der Waals surface area contributed by atoms with Crippen LogP contribution in [0.3, 0.4) is 0 Å². The predicted molar refractivity (Wildman–Crippen MR) is 76.1 cm³/mol. The first-order chi connectivity index (χ1) is 9.80. The van der Waals surface area contributed by atoms with Crippen molar-refractivity contribution in [2.24, 2.45) is 0 Å². The highest BCUT2D eigenvalue weighted by molar-refractivity contribution is 7.92. The summed E-state index contributed by atoms with van der Waals surface area (Å²) in [6.45, 7) is 0. The summed E-state index contributed by atoms with van der Waals surface area (Å²) in [4.78, 5) is 10.8. The summed E-state index contributed by atoms with van der Waals surface area (Å²) >= 11 is 0. The number of aromatic carboxylic acids is 1. The maximum Gasteiger partial charge on any atom is 0.371 e. The van der Waals surface area contributed by atoms with Crippen molar-refractivity contribution in [2.45, 2.75) is 0 Å². The largest absolute Gasteiger partial charge is 0.495 e. The van der Waals surface area contributed by atoms with Crippen molar-refractivity contribution < 1.29 is 27.5 Å². The van der Waals surface area contributed by atoms with Gasteiger partial charge in [0.05, 0.1) is 19.1 Å². The van der Waals surface area contributed by atoms with Gasteiger partial charge < -0.3 is 14.3 Å². The van der Waals surface area contributed by atoms with Crippen LogP contribution >= 0.6 is 0 Å². The molecule has 0 radical (unpaired) electrons. The van der Waals surface area contributed by atoms with Crippen molar-refractivity contribution >= 4 is 21.7 Å². The molecule has 2 N–H and O–H groups in total. The van der Waals surface area contributed by atoms with Crippen LogP contribution in [0.1, 0.15) is 10.6 Å². The van der Waals surface area contributed by atoms with Crippen LogP contribution in [0.15, 0.2) is 34.7 Å². The highest BCUT2D eigenvalue weighted by Gasteiger charge is 2.14. The van der Waals surface area contributed by atoms with Gasteiger partial charge in [0.25, 0.3) is 0 Å². The van der Waals surface area contributed by atoms with E-state index >= 15 is 0 Å². The smallest absolute Gasteiger partial charge is 0.371 e. The van der Waals surface area contributed by atoms with Gasteiger partial charge in [-0.15, -0.1) is 0 Å². The number of hydrogen-bond donors (Lipinski definition) is 2. The molecule has 2 rings (SSSR count). The number of nitrogens with one attached hydrogen (secondary N) is 1. The number of carboxylic acids is 1. The molecule has 0 aliphatic heterocycles. The van der Waals surface area contributed by atoms with Crippen molar-refractivity contribution in [2.75, 3.05) is 18.1 Å². The summed E-state index contributed by atoms with van der Waals surface area (Å²) in [6.07, 6.45) is 1.02. The van der Waals surface area contributed by atoms with Gasteiger partial charge in [0.2, 0.25) is 15.8 Å². The second-order valence-corrected chi connectivity index (χ2v) is 6.01. The number of carboxylic acid groups (broad SMARTS) is 1. The molecule has 0 unspecified atom stereocenters. The summed E-state index contributed by atoms with van der Waals surface area (Å²) < 4.78 is 35.3. The Kier molecular flexibility index (Phi) is 3.90. The normalized spacial score (nSPS) is 11.1. The predicted octanol–water partition coefficient (Wildman–Crippen LogP) is 2.02. The van der Waals surface area contributed by atoms with Gasteiger partial charge in [-0.3, -0.25) is 4.72 Å². The monoisotopic (exact) mass is 311 g/mol. The van der Waals surface area contributed by atoms with E-state index in [2.05, 4.69) is 4.72 Å². The molecule has 8 heteroatoms. The topological polar surface area (TPSA) is 106 Å². The summed E-state index contributed by atoms with van der Waals surface area (Å²) in [5, 5.41) is 8.83. The minimum atomic E-state index is -3.47. The molecule has 0 saturated heterocycles. The zero-order valence-corrected chi connectivity index (χ0v) is 12.1. The Labute approximate surface area is 121 Å². The number of sulfonamides is 1. The Bertz CT molecular complexity index is 778. The van der Waals surface area contributed by atoms with Crippen LogP contribution in [0.4, 0.5) is 5.69 Å². The molecule has 0 atom stereocenters. The molecule has 2 aromatic rings. The fraction of sp³-hybridized carbons (Fsp3) is 0.154. The first-order valence-electron chi connectivity index (χ1n) is 5.79. The third-order valence-electron chi connectivity index (χ3n) is 2.60. The molecule has 1 heterocycles. The number of furan rings is 1. The van der Waals surface area contributed by atoms with E-state index < -0.39 is 16.0 Å². The Hall–Kier alpha value is -2.48. The van der Waals surface area contributed by atoms with E-state index in [1.807, 2.05) is 0 Å². The highest BCUT2D eigenvalue weighted by Crippen LogP contribution is 2.32. The van der Waals surface area contributed by atoms with Gasteiger partial charge in [-0.1, -0.05) is 0 Å². The van der Waals surface area contributed by atoms with Crippen LogP contribution in [-0.4, -0.2) is 32.9 Å². The van der Waals surface area contributed by atoms with Gasteiger partial charge in [0.1, 0.15) is 11.5 Å². The van der Waals surface area contributed by atoms with E-state index in [0.29, 0.717) is 17.1 Å². The number of rotatable bonds is 5. The van der Waals surface area contributed by atoms with Crippen LogP contribution < -0.4 is 9.46 Å². The van der Waals surface area contributed by atoms with Crippen molar-refractivity contribution in [3.63, 3.8) is 0 Å². The van der Waals surface area contributed by atoms with Gasteiger partial charge in [-0.2, -0.15) is 0 Å². The van der Waals surface area contributed by atoms with E-state index in [4.69, 9.17) is 14.3 Å². The molecule has 0 spiro atoms. The third kappa shape index (κ3) is 3.54. The highest BCUT2D eigenvalue weighted by atomic mass is 32.2. The molecular weight excluding hydrogens is 298 g/mol. The Morgan fingerprint density at radius 2 is 2.00 bits per heavy atom. The molecule has 0 aliphatic carbocycles. The molecule has 1 aromatic heterocycles. The quantitative estimate of drug-likeness (QED) is 0.875.